The monoisotopic (exact) mass is 616 g/mol. The van der Waals surface area contributed by atoms with Crippen LogP contribution in [-0.4, -0.2) is 78.9 Å². The van der Waals surface area contributed by atoms with Gasteiger partial charge in [-0.05, 0) is 86.7 Å². The van der Waals surface area contributed by atoms with E-state index in [2.05, 4.69) is 88.1 Å². The van der Waals surface area contributed by atoms with Crippen molar-refractivity contribution >= 4 is 17.3 Å². The number of para-hydroxylation sites is 2. The van der Waals surface area contributed by atoms with Crippen molar-refractivity contribution in [3.63, 3.8) is 0 Å². The molecule has 240 valence electrons. The molecule has 4 bridgehead atoms. The molecule has 2 aromatic carbocycles. The summed E-state index contributed by atoms with van der Waals surface area (Å²) in [5.41, 5.74) is 7.35. The number of benzene rings is 2. The van der Waals surface area contributed by atoms with E-state index in [0.29, 0.717) is 30.0 Å². The quantitative estimate of drug-likeness (QED) is 0.413. The van der Waals surface area contributed by atoms with Gasteiger partial charge in [0, 0.05) is 72.2 Å². The van der Waals surface area contributed by atoms with Crippen molar-refractivity contribution in [2.24, 2.45) is 29.6 Å². The summed E-state index contributed by atoms with van der Waals surface area (Å²) in [5.74, 6) is 2.87. The predicted octanol–water partition coefficient (Wildman–Crippen LogP) is 5.56. The Hall–Kier alpha value is -2.67. The van der Waals surface area contributed by atoms with Gasteiger partial charge in [0.1, 0.15) is 6.23 Å². The maximum Gasteiger partial charge on any atom is 0.224 e. The fourth-order valence-corrected chi connectivity index (χ4v) is 14.3. The number of ether oxygens (including phenoxy) is 1. The SMILES string of the molecule is C/C=C1/CN2CC[C@]34c5ccccc5N(C(C)=O)[C@H]3[C@H]([C@H]3OC[C@@H]5[C@H]6C[C@@H]7N(CC[C@@]78c7ccccc7N3[C@@H]58)C[C@H]6CC)[C@H]1C[C@H]24. The molecule has 6 nitrogen and oxygen atoms in total. The van der Waals surface area contributed by atoms with Gasteiger partial charge in [-0.15, -0.1) is 0 Å². The molecular formula is C40H48N4O2. The van der Waals surface area contributed by atoms with Gasteiger partial charge >= 0.3 is 0 Å². The molecule has 2 saturated carbocycles. The first-order valence-corrected chi connectivity index (χ1v) is 18.5. The van der Waals surface area contributed by atoms with Crippen LogP contribution < -0.4 is 9.80 Å². The minimum atomic E-state index is -0.0413. The van der Waals surface area contributed by atoms with Crippen LogP contribution in [0.3, 0.4) is 0 Å². The number of piperidine rings is 2. The zero-order chi connectivity index (χ0) is 30.7. The van der Waals surface area contributed by atoms with Crippen LogP contribution in [0, 0.1) is 29.6 Å². The smallest absolute Gasteiger partial charge is 0.224 e. The molecule has 0 radical (unpaired) electrons. The third kappa shape index (κ3) is 2.90. The van der Waals surface area contributed by atoms with E-state index in [-0.39, 0.29) is 34.9 Å². The lowest BCUT2D eigenvalue weighted by atomic mass is 9.53. The second kappa shape index (κ2) is 9.06. The Morgan fingerprint density at radius 1 is 0.913 bits per heavy atom. The molecular weight excluding hydrogens is 568 g/mol. The lowest BCUT2D eigenvalue weighted by Crippen LogP contribution is -2.74. The van der Waals surface area contributed by atoms with E-state index in [4.69, 9.17) is 4.74 Å². The minimum Gasteiger partial charge on any atom is -0.358 e. The van der Waals surface area contributed by atoms with E-state index in [1.807, 2.05) is 6.92 Å². The van der Waals surface area contributed by atoms with Gasteiger partial charge in [0.05, 0.1) is 12.6 Å². The molecule has 7 heterocycles. The van der Waals surface area contributed by atoms with E-state index in [1.165, 1.54) is 50.0 Å². The lowest BCUT2D eigenvalue weighted by Gasteiger charge is -2.64. The third-order valence-electron chi connectivity index (χ3n) is 15.7. The molecule has 0 N–H and O–H groups in total. The average molecular weight is 617 g/mol. The molecule has 2 spiro atoms. The number of nitrogens with zero attached hydrogens (tertiary/aromatic N) is 4. The number of hydrogen-bond acceptors (Lipinski definition) is 5. The summed E-state index contributed by atoms with van der Waals surface area (Å²) in [6, 6.07) is 20.2. The average Bonchev–Trinajstić information content (AvgIpc) is 3.83. The van der Waals surface area contributed by atoms with E-state index in [1.54, 1.807) is 11.1 Å². The number of allylic oxidation sites excluding steroid dienone is 1. The Labute approximate surface area is 273 Å². The summed E-state index contributed by atoms with van der Waals surface area (Å²) in [6.45, 7) is 12.1. The van der Waals surface area contributed by atoms with Crippen molar-refractivity contribution in [3.05, 3.63) is 71.3 Å². The maximum atomic E-state index is 14.0. The molecule has 0 unspecified atom stereocenters. The molecule has 46 heavy (non-hydrogen) atoms. The highest BCUT2D eigenvalue weighted by Crippen LogP contribution is 2.68. The zero-order valence-corrected chi connectivity index (χ0v) is 27.6. The van der Waals surface area contributed by atoms with Crippen LogP contribution in [0.2, 0.25) is 0 Å². The van der Waals surface area contributed by atoms with E-state index < -0.39 is 0 Å². The molecule has 0 aromatic heterocycles. The van der Waals surface area contributed by atoms with Crippen LogP contribution >= 0.6 is 0 Å². The Kier molecular flexibility index (Phi) is 5.38. The van der Waals surface area contributed by atoms with Crippen LogP contribution in [0.4, 0.5) is 11.4 Å². The van der Waals surface area contributed by atoms with Gasteiger partial charge in [0.15, 0.2) is 0 Å². The molecule has 2 aliphatic carbocycles. The Morgan fingerprint density at radius 3 is 2.37 bits per heavy atom. The highest BCUT2D eigenvalue weighted by Gasteiger charge is 2.74. The first kappa shape index (κ1) is 27.3. The minimum absolute atomic E-state index is 0.0409. The van der Waals surface area contributed by atoms with Crippen molar-refractivity contribution < 1.29 is 9.53 Å². The van der Waals surface area contributed by atoms with Crippen molar-refractivity contribution in [2.75, 3.05) is 42.6 Å². The number of carbonyl (C=O) groups excluding carboxylic acids is 1. The van der Waals surface area contributed by atoms with Crippen molar-refractivity contribution in [1.29, 1.82) is 0 Å². The second-order valence-electron chi connectivity index (χ2n) is 16.5. The van der Waals surface area contributed by atoms with Gasteiger partial charge in [-0.1, -0.05) is 61.4 Å². The van der Waals surface area contributed by atoms with Crippen LogP contribution in [0.5, 0.6) is 0 Å². The molecule has 5 saturated heterocycles. The van der Waals surface area contributed by atoms with Gasteiger partial charge in [-0.2, -0.15) is 0 Å². The maximum absolute atomic E-state index is 14.0. The van der Waals surface area contributed by atoms with Gasteiger partial charge in [-0.3, -0.25) is 14.6 Å². The highest BCUT2D eigenvalue weighted by molar-refractivity contribution is 5.96. The molecule has 2 aromatic rings. The van der Waals surface area contributed by atoms with Crippen LogP contribution in [0.25, 0.3) is 0 Å². The Morgan fingerprint density at radius 2 is 1.61 bits per heavy atom. The first-order chi connectivity index (χ1) is 22.5. The second-order valence-corrected chi connectivity index (χ2v) is 16.5. The number of rotatable bonds is 2. The fourth-order valence-electron chi connectivity index (χ4n) is 14.3. The zero-order valence-electron chi connectivity index (χ0n) is 27.6. The van der Waals surface area contributed by atoms with E-state index >= 15 is 0 Å². The molecule has 1 amide bonds. The van der Waals surface area contributed by atoms with Crippen LogP contribution in [0.1, 0.15) is 64.0 Å². The fraction of sp³-hybridized carbons (Fsp3) is 0.625. The number of fused-ring (bicyclic) bond motifs is 6. The molecule has 11 rings (SSSR count). The summed E-state index contributed by atoms with van der Waals surface area (Å²) in [5, 5.41) is 0. The van der Waals surface area contributed by atoms with Crippen molar-refractivity contribution in [2.45, 2.75) is 94.1 Å². The largest absolute Gasteiger partial charge is 0.358 e. The molecule has 7 aliphatic heterocycles. The third-order valence-corrected chi connectivity index (χ3v) is 15.7. The molecule has 6 heteroatoms. The topological polar surface area (TPSA) is 39.3 Å². The molecule has 9 aliphatic rings. The van der Waals surface area contributed by atoms with Gasteiger partial charge < -0.3 is 14.5 Å². The van der Waals surface area contributed by atoms with Crippen molar-refractivity contribution in [1.82, 2.24) is 9.80 Å². The molecule has 7 fully saturated rings. The normalized spacial score (nSPS) is 46.7. The van der Waals surface area contributed by atoms with Crippen LogP contribution in [0.15, 0.2) is 60.2 Å². The van der Waals surface area contributed by atoms with Gasteiger partial charge in [-0.25, -0.2) is 0 Å². The van der Waals surface area contributed by atoms with Gasteiger partial charge in [0.2, 0.25) is 5.91 Å². The van der Waals surface area contributed by atoms with Gasteiger partial charge in [0.25, 0.3) is 0 Å². The summed E-state index contributed by atoms with van der Waals surface area (Å²) in [6.07, 6.45) is 8.56. The molecule has 12 atom stereocenters. The van der Waals surface area contributed by atoms with Crippen molar-refractivity contribution in [3.8, 4) is 0 Å². The number of hydrogen-bond donors (Lipinski definition) is 0. The predicted molar refractivity (Wildman–Crippen MR) is 180 cm³/mol. The number of anilines is 2. The summed E-state index contributed by atoms with van der Waals surface area (Å²) < 4.78 is 7.52. The lowest BCUT2D eigenvalue weighted by molar-refractivity contribution is -0.142. The Bertz CT molecular complexity index is 1690. The highest BCUT2D eigenvalue weighted by atomic mass is 16.5. The first-order valence-electron chi connectivity index (χ1n) is 18.5. The van der Waals surface area contributed by atoms with E-state index in [0.717, 1.165) is 43.6 Å². The summed E-state index contributed by atoms with van der Waals surface area (Å²) >= 11 is 0. The van der Waals surface area contributed by atoms with E-state index in [9.17, 15) is 4.79 Å². The summed E-state index contributed by atoms with van der Waals surface area (Å²) in [4.78, 5) is 24.8. The number of amides is 1. The number of carbonyl (C=O) groups is 1. The standard InChI is InChI=1S/C40H48N4O2/c1-4-24-20-41-16-14-39-30-11-7-9-13-32(30)44-36(39)28(26(24)18-33(39)41)22-46-38(44)35-27-19-34-40(15-17-42(34)21-25(27)5-2)29-10-6-8-12-31(29)43(23(3)45)37(35)40/h5-13,24,26-28,33-38H,4,14-22H2,1-3H3/b25-5-/t24-,26+,27+,28-,33+,34+,35-,36+,37+,38-,39-,40-/m1/s1. The summed E-state index contributed by atoms with van der Waals surface area (Å²) in [7, 11) is 0. The van der Waals surface area contributed by atoms with Crippen LogP contribution in [-0.2, 0) is 20.4 Å². The Balaban J connectivity index is 1.13.